The van der Waals surface area contributed by atoms with Crippen LogP contribution in [0.5, 0.6) is 5.75 Å². The third-order valence-electron chi connectivity index (χ3n) is 2.90. The van der Waals surface area contributed by atoms with Gasteiger partial charge in [0, 0.05) is 18.2 Å². The van der Waals surface area contributed by atoms with Gasteiger partial charge in [-0.1, -0.05) is 0 Å². The lowest BCUT2D eigenvalue weighted by Gasteiger charge is -2.07. The Labute approximate surface area is 120 Å². The molecule has 0 unspecified atom stereocenters. The molecule has 20 heavy (non-hydrogen) atoms. The van der Waals surface area contributed by atoms with Crippen LogP contribution in [0, 0.1) is 10.1 Å². The van der Waals surface area contributed by atoms with Crippen molar-refractivity contribution in [3.05, 3.63) is 34.1 Å². The molecule has 0 aliphatic heterocycles. The molecule has 0 N–H and O–H groups in total. The van der Waals surface area contributed by atoms with Crippen LogP contribution in [0.1, 0.15) is 12.7 Å². The summed E-state index contributed by atoms with van der Waals surface area (Å²) in [6.45, 7) is 2.56. The van der Waals surface area contributed by atoms with Gasteiger partial charge in [0.05, 0.1) is 17.9 Å². The number of nitro benzene ring substituents is 1. The smallest absolute Gasteiger partial charge is 0.311 e. The molecule has 0 atom stereocenters. The number of aromatic nitrogens is 3. The molecule has 106 valence electrons. The van der Waals surface area contributed by atoms with Crippen molar-refractivity contribution < 1.29 is 9.66 Å². The van der Waals surface area contributed by atoms with Gasteiger partial charge in [0.15, 0.2) is 11.6 Å². The molecular weight excluding hydrogens is 284 g/mol. The number of nitro groups is 1. The highest BCUT2D eigenvalue weighted by Crippen LogP contribution is 2.31. The van der Waals surface area contributed by atoms with E-state index in [1.54, 1.807) is 12.1 Å². The number of hydrogen-bond acceptors (Lipinski definition) is 5. The minimum atomic E-state index is -0.489. The number of ether oxygens (including phenoxy) is 1. The Balaban J connectivity index is 2.56. The van der Waals surface area contributed by atoms with E-state index in [1.807, 2.05) is 11.5 Å². The molecule has 0 radical (unpaired) electrons. The van der Waals surface area contributed by atoms with E-state index in [1.165, 1.54) is 13.2 Å². The maximum atomic E-state index is 11.0. The SMILES string of the molecule is CCn1c(CCl)nnc1-c1ccc(OC)c([N+](=O)[O-])c1. The van der Waals surface area contributed by atoms with E-state index < -0.39 is 4.92 Å². The highest BCUT2D eigenvalue weighted by Gasteiger charge is 2.19. The van der Waals surface area contributed by atoms with Crippen molar-refractivity contribution in [1.82, 2.24) is 14.8 Å². The van der Waals surface area contributed by atoms with Gasteiger partial charge in [0.1, 0.15) is 5.82 Å². The minimum absolute atomic E-state index is 0.108. The molecule has 0 fully saturated rings. The molecule has 0 amide bonds. The zero-order valence-corrected chi connectivity index (χ0v) is 11.8. The Bertz CT molecular complexity index is 642. The van der Waals surface area contributed by atoms with Gasteiger partial charge in [-0.3, -0.25) is 10.1 Å². The van der Waals surface area contributed by atoms with Crippen molar-refractivity contribution in [2.24, 2.45) is 0 Å². The van der Waals surface area contributed by atoms with Crippen molar-refractivity contribution in [1.29, 1.82) is 0 Å². The first kappa shape index (κ1) is 14.3. The highest BCUT2D eigenvalue weighted by molar-refractivity contribution is 6.16. The summed E-state index contributed by atoms with van der Waals surface area (Å²) in [5, 5.41) is 19.1. The number of hydrogen-bond donors (Lipinski definition) is 0. The van der Waals surface area contributed by atoms with E-state index in [4.69, 9.17) is 16.3 Å². The summed E-state index contributed by atoms with van der Waals surface area (Å²) in [7, 11) is 1.39. The van der Waals surface area contributed by atoms with Crippen LogP contribution in [0.15, 0.2) is 18.2 Å². The van der Waals surface area contributed by atoms with Gasteiger partial charge in [-0.25, -0.2) is 0 Å². The van der Waals surface area contributed by atoms with Crippen molar-refractivity contribution in [2.75, 3.05) is 7.11 Å². The monoisotopic (exact) mass is 296 g/mol. The van der Waals surface area contributed by atoms with E-state index in [-0.39, 0.29) is 17.3 Å². The lowest BCUT2D eigenvalue weighted by molar-refractivity contribution is -0.385. The molecular formula is C12H13ClN4O3. The Morgan fingerprint density at radius 2 is 2.20 bits per heavy atom. The highest BCUT2D eigenvalue weighted by atomic mass is 35.5. The number of halogens is 1. The summed E-state index contributed by atoms with van der Waals surface area (Å²) in [5.41, 5.74) is 0.492. The Morgan fingerprint density at radius 3 is 2.75 bits per heavy atom. The summed E-state index contributed by atoms with van der Waals surface area (Å²) in [6.07, 6.45) is 0. The van der Waals surface area contributed by atoms with Crippen molar-refractivity contribution in [2.45, 2.75) is 19.3 Å². The minimum Gasteiger partial charge on any atom is -0.490 e. The van der Waals surface area contributed by atoms with Gasteiger partial charge in [0.2, 0.25) is 0 Å². The van der Waals surface area contributed by atoms with Gasteiger partial charge in [-0.2, -0.15) is 0 Å². The summed E-state index contributed by atoms with van der Waals surface area (Å²) >= 11 is 5.79. The number of alkyl halides is 1. The van der Waals surface area contributed by atoms with E-state index in [0.717, 1.165) is 0 Å². The third kappa shape index (κ3) is 2.44. The third-order valence-corrected chi connectivity index (χ3v) is 3.14. The summed E-state index contributed by atoms with van der Waals surface area (Å²) in [6, 6.07) is 4.68. The number of methoxy groups -OCH3 is 1. The van der Waals surface area contributed by atoms with E-state index in [0.29, 0.717) is 23.8 Å². The van der Waals surface area contributed by atoms with Crippen LogP contribution in [0.3, 0.4) is 0 Å². The van der Waals surface area contributed by atoms with E-state index in [2.05, 4.69) is 10.2 Å². The van der Waals surface area contributed by atoms with Crippen molar-refractivity contribution in [3.63, 3.8) is 0 Å². The first-order valence-corrected chi connectivity index (χ1v) is 6.46. The first-order chi connectivity index (χ1) is 9.62. The van der Waals surface area contributed by atoms with Gasteiger partial charge in [0.25, 0.3) is 0 Å². The Morgan fingerprint density at radius 1 is 1.45 bits per heavy atom. The molecule has 0 aliphatic carbocycles. The second-order valence-corrected chi connectivity index (χ2v) is 4.23. The predicted molar refractivity (Wildman–Crippen MR) is 73.9 cm³/mol. The van der Waals surface area contributed by atoms with Gasteiger partial charge in [-0.05, 0) is 19.1 Å². The molecule has 1 aromatic carbocycles. The van der Waals surface area contributed by atoms with Crippen LogP contribution in [-0.4, -0.2) is 26.8 Å². The molecule has 0 spiro atoms. The standard InChI is InChI=1S/C12H13ClN4O3/c1-3-16-11(7-13)14-15-12(16)8-4-5-10(20-2)9(6-8)17(18)19/h4-6H,3,7H2,1-2H3. The molecule has 7 nitrogen and oxygen atoms in total. The summed E-state index contributed by atoms with van der Waals surface area (Å²) in [5.74, 6) is 1.62. The summed E-state index contributed by atoms with van der Waals surface area (Å²) in [4.78, 5) is 10.6. The fourth-order valence-corrected chi connectivity index (χ4v) is 2.15. The normalized spacial score (nSPS) is 10.6. The lowest BCUT2D eigenvalue weighted by Crippen LogP contribution is -2.02. The Kier molecular flexibility index (Phi) is 4.19. The van der Waals surface area contributed by atoms with E-state index in [9.17, 15) is 10.1 Å². The molecule has 1 heterocycles. The Hall–Kier alpha value is -2.15. The van der Waals surface area contributed by atoms with Crippen LogP contribution in [0.2, 0.25) is 0 Å². The van der Waals surface area contributed by atoms with Crippen LogP contribution in [0.25, 0.3) is 11.4 Å². The molecule has 0 bridgehead atoms. The average Bonchev–Trinajstić information content (AvgIpc) is 2.89. The first-order valence-electron chi connectivity index (χ1n) is 5.93. The molecule has 2 rings (SSSR count). The maximum absolute atomic E-state index is 11.0. The fourth-order valence-electron chi connectivity index (χ4n) is 1.95. The lowest BCUT2D eigenvalue weighted by atomic mass is 10.1. The zero-order valence-electron chi connectivity index (χ0n) is 11.0. The fraction of sp³-hybridized carbons (Fsp3) is 0.333. The number of rotatable bonds is 5. The maximum Gasteiger partial charge on any atom is 0.311 e. The van der Waals surface area contributed by atoms with Gasteiger partial charge >= 0.3 is 5.69 Å². The molecule has 1 aromatic heterocycles. The molecule has 0 saturated carbocycles. The number of nitrogens with zero attached hydrogens (tertiary/aromatic N) is 4. The number of benzene rings is 1. The van der Waals surface area contributed by atoms with Crippen LogP contribution < -0.4 is 4.74 Å². The van der Waals surface area contributed by atoms with Crippen LogP contribution >= 0.6 is 11.6 Å². The summed E-state index contributed by atoms with van der Waals surface area (Å²) < 4.78 is 6.79. The van der Waals surface area contributed by atoms with Gasteiger partial charge in [-0.15, -0.1) is 21.8 Å². The molecule has 8 heteroatoms. The molecule has 0 aliphatic rings. The topological polar surface area (TPSA) is 83.1 Å². The van der Waals surface area contributed by atoms with Crippen molar-refractivity contribution >= 4 is 17.3 Å². The second-order valence-electron chi connectivity index (χ2n) is 3.96. The second kappa shape index (κ2) is 5.87. The van der Waals surface area contributed by atoms with Crippen LogP contribution in [0.4, 0.5) is 5.69 Å². The molecule has 0 saturated heterocycles. The van der Waals surface area contributed by atoms with E-state index >= 15 is 0 Å². The van der Waals surface area contributed by atoms with Crippen molar-refractivity contribution in [3.8, 4) is 17.1 Å². The largest absolute Gasteiger partial charge is 0.490 e. The predicted octanol–water partition coefficient (Wildman–Crippen LogP) is 2.62. The van der Waals surface area contributed by atoms with Crippen LogP contribution in [-0.2, 0) is 12.4 Å². The van der Waals surface area contributed by atoms with Gasteiger partial charge < -0.3 is 9.30 Å². The molecule has 2 aromatic rings. The quantitative estimate of drug-likeness (QED) is 0.481. The average molecular weight is 297 g/mol. The zero-order chi connectivity index (χ0) is 14.7.